The van der Waals surface area contributed by atoms with E-state index in [-0.39, 0.29) is 30.5 Å². The molecule has 2 rings (SSSR count). The minimum atomic E-state index is -4.34. The first-order valence-corrected chi connectivity index (χ1v) is 7.33. The van der Waals surface area contributed by atoms with Crippen LogP contribution in [-0.2, 0) is 27.1 Å². The molecule has 0 radical (unpaired) electrons. The normalized spacial score (nSPS) is 24.4. The Morgan fingerprint density at radius 3 is 2.48 bits per heavy atom. The Morgan fingerprint density at radius 1 is 1.30 bits per heavy atom. The van der Waals surface area contributed by atoms with Crippen molar-refractivity contribution >= 4 is 5.97 Å². The SMILES string of the molecule is C=C[C@H]1C[C@H](OCc2ccc(C(F)(F)F)cc2)C[C@@H]1C(=O)OC. The number of carbonyl (C=O) groups excluding carboxylic acids is 1. The number of hydrogen-bond donors (Lipinski definition) is 0. The highest BCUT2D eigenvalue weighted by molar-refractivity contribution is 5.73. The highest BCUT2D eigenvalue weighted by atomic mass is 19.4. The molecule has 0 amide bonds. The van der Waals surface area contributed by atoms with Crippen molar-refractivity contribution in [3.05, 3.63) is 48.0 Å². The molecule has 126 valence electrons. The van der Waals surface area contributed by atoms with Crippen LogP contribution in [0.3, 0.4) is 0 Å². The van der Waals surface area contributed by atoms with Gasteiger partial charge in [0.15, 0.2) is 0 Å². The molecule has 0 saturated heterocycles. The number of hydrogen-bond acceptors (Lipinski definition) is 3. The van der Waals surface area contributed by atoms with E-state index in [1.807, 2.05) is 0 Å². The number of esters is 1. The van der Waals surface area contributed by atoms with E-state index in [0.717, 1.165) is 12.1 Å². The lowest BCUT2D eigenvalue weighted by Gasteiger charge is -2.13. The monoisotopic (exact) mass is 328 g/mol. The van der Waals surface area contributed by atoms with Crippen molar-refractivity contribution in [3.8, 4) is 0 Å². The van der Waals surface area contributed by atoms with Gasteiger partial charge in [0.1, 0.15) is 0 Å². The number of rotatable bonds is 5. The summed E-state index contributed by atoms with van der Waals surface area (Å²) in [5.41, 5.74) is -0.0192. The maximum atomic E-state index is 12.5. The molecule has 1 aromatic rings. The van der Waals surface area contributed by atoms with Gasteiger partial charge in [-0.15, -0.1) is 6.58 Å². The van der Waals surface area contributed by atoms with E-state index in [4.69, 9.17) is 9.47 Å². The number of benzene rings is 1. The summed E-state index contributed by atoms with van der Waals surface area (Å²) in [4.78, 5) is 11.7. The molecule has 0 aromatic heterocycles. The maximum absolute atomic E-state index is 12.5. The van der Waals surface area contributed by atoms with Crippen LogP contribution < -0.4 is 0 Å². The van der Waals surface area contributed by atoms with Gasteiger partial charge in [0.05, 0.1) is 31.3 Å². The smallest absolute Gasteiger partial charge is 0.416 e. The lowest BCUT2D eigenvalue weighted by atomic mass is 9.97. The second-order valence-corrected chi connectivity index (χ2v) is 5.63. The first-order valence-electron chi connectivity index (χ1n) is 7.33. The van der Waals surface area contributed by atoms with E-state index in [1.54, 1.807) is 6.08 Å². The Morgan fingerprint density at radius 2 is 1.96 bits per heavy atom. The van der Waals surface area contributed by atoms with Gasteiger partial charge in [0, 0.05) is 0 Å². The number of allylic oxidation sites excluding steroid dienone is 1. The van der Waals surface area contributed by atoms with Gasteiger partial charge in [-0.25, -0.2) is 0 Å². The zero-order valence-corrected chi connectivity index (χ0v) is 12.8. The molecule has 0 unspecified atom stereocenters. The molecule has 1 aliphatic carbocycles. The Balaban J connectivity index is 1.91. The highest BCUT2D eigenvalue weighted by Gasteiger charge is 2.38. The molecule has 0 bridgehead atoms. The van der Waals surface area contributed by atoms with Gasteiger partial charge in [-0.2, -0.15) is 13.2 Å². The predicted molar refractivity (Wildman–Crippen MR) is 78.4 cm³/mol. The third-order valence-electron chi connectivity index (χ3n) is 4.14. The zero-order valence-electron chi connectivity index (χ0n) is 12.8. The van der Waals surface area contributed by atoms with Crippen LogP contribution in [0.15, 0.2) is 36.9 Å². The van der Waals surface area contributed by atoms with Crippen molar-refractivity contribution in [1.82, 2.24) is 0 Å². The van der Waals surface area contributed by atoms with E-state index in [0.29, 0.717) is 18.4 Å². The summed E-state index contributed by atoms with van der Waals surface area (Å²) in [7, 11) is 1.35. The minimum absolute atomic E-state index is 0.0000513. The van der Waals surface area contributed by atoms with Gasteiger partial charge in [0.25, 0.3) is 0 Å². The van der Waals surface area contributed by atoms with Crippen molar-refractivity contribution in [2.75, 3.05) is 7.11 Å². The van der Waals surface area contributed by atoms with Crippen molar-refractivity contribution in [1.29, 1.82) is 0 Å². The van der Waals surface area contributed by atoms with E-state index in [2.05, 4.69) is 6.58 Å². The molecule has 0 N–H and O–H groups in total. The van der Waals surface area contributed by atoms with Gasteiger partial charge in [0.2, 0.25) is 0 Å². The van der Waals surface area contributed by atoms with Crippen LogP contribution >= 0.6 is 0 Å². The van der Waals surface area contributed by atoms with Gasteiger partial charge < -0.3 is 9.47 Å². The van der Waals surface area contributed by atoms with Crippen molar-refractivity contribution < 1.29 is 27.4 Å². The summed E-state index contributed by atoms with van der Waals surface area (Å²) in [6.45, 7) is 3.93. The third kappa shape index (κ3) is 4.34. The summed E-state index contributed by atoms with van der Waals surface area (Å²) in [5, 5.41) is 0. The van der Waals surface area contributed by atoms with Crippen molar-refractivity contribution in [2.45, 2.75) is 31.7 Å². The van der Waals surface area contributed by atoms with Crippen LogP contribution in [0.4, 0.5) is 13.2 Å². The molecule has 0 heterocycles. The van der Waals surface area contributed by atoms with Crippen LogP contribution in [0, 0.1) is 11.8 Å². The number of alkyl halides is 3. The third-order valence-corrected chi connectivity index (χ3v) is 4.14. The lowest BCUT2D eigenvalue weighted by molar-refractivity contribution is -0.146. The van der Waals surface area contributed by atoms with Crippen LogP contribution in [0.5, 0.6) is 0 Å². The number of ether oxygens (including phenoxy) is 2. The average molecular weight is 328 g/mol. The van der Waals surface area contributed by atoms with E-state index in [1.165, 1.54) is 19.2 Å². The molecule has 6 heteroatoms. The molecule has 1 aromatic carbocycles. The van der Waals surface area contributed by atoms with E-state index >= 15 is 0 Å². The van der Waals surface area contributed by atoms with Crippen LogP contribution in [0.1, 0.15) is 24.0 Å². The lowest BCUT2D eigenvalue weighted by Crippen LogP contribution is -2.19. The van der Waals surface area contributed by atoms with Crippen LogP contribution in [0.2, 0.25) is 0 Å². The Hall–Kier alpha value is -1.82. The quantitative estimate of drug-likeness (QED) is 0.606. The zero-order chi connectivity index (χ0) is 17.0. The molecule has 0 aliphatic heterocycles. The van der Waals surface area contributed by atoms with Crippen molar-refractivity contribution in [2.24, 2.45) is 11.8 Å². The van der Waals surface area contributed by atoms with Crippen LogP contribution in [-0.4, -0.2) is 19.2 Å². The largest absolute Gasteiger partial charge is 0.469 e. The number of methoxy groups -OCH3 is 1. The molecule has 3 nitrogen and oxygen atoms in total. The minimum Gasteiger partial charge on any atom is -0.469 e. The second kappa shape index (κ2) is 7.17. The summed E-state index contributed by atoms with van der Waals surface area (Å²) >= 11 is 0. The number of carbonyl (C=O) groups is 1. The van der Waals surface area contributed by atoms with Gasteiger partial charge in [-0.1, -0.05) is 18.2 Å². The molecule has 1 aliphatic rings. The summed E-state index contributed by atoms with van der Waals surface area (Å²) in [6.07, 6.45) is -1.56. The Kier molecular flexibility index (Phi) is 5.46. The topological polar surface area (TPSA) is 35.5 Å². The summed E-state index contributed by atoms with van der Waals surface area (Å²) < 4.78 is 48.0. The van der Waals surface area contributed by atoms with Gasteiger partial charge in [-0.05, 0) is 36.5 Å². The summed E-state index contributed by atoms with van der Waals surface area (Å²) in [6, 6.07) is 4.88. The summed E-state index contributed by atoms with van der Waals surface area (Å²) in [5.74, 6) is -0.550. The molecule has 1 fully saturated rings. The van der Waals surface area contributed by atoms with E-state index in [9.17, 15) is 18.0 Å². The molecule has 1 saturated carbocycles. The second-order valence-electron chi connectivity index (χ2n) is 5.63. The van der Waals surface area contributed by atoms with Crippen molar-refractivity contribution in [3.63, 3.8) is 0 Å². The van der Waals surface area contributed by atoms with E-state index < -0.39 is 11.7 Å². The fourth-order valence-corrected chi connectivity index (χ4v) is 2.85. The average Bonchev–Trinajstić information content (AvgIpc) is 2.95. The molecular formula is C17H19F3O3. The Bertz CT molecular complexity index is 551. The maximum Gasteiger partial charge on any atom is 0.416 e. The Labute approximate surface area is 133 Å². The van der Waals surface area contributed by atoms with Crippen LogP contribution in [0.25, 0.3) is 0 Å². The molecule has 0 spiro atoms. The first kappa shape index (κ1) is 17.5. The molecule has 23 heavy (non-hydrogen) atoms. The fourth-order valence-electron chi connectivity index (χ4n) is 2.85. The van der Waals surface area contributed by atoms with Gasteiger partial charge in [-0.3, -0.25) is 4.79 Å². The molecule has 3 atom stereocenters. The number of halogens is 3. The molecular weight excluding hydrogens is 309 g/mol. The van der Waals surface area contributed by atoms with Gasteiger partial charge >= 0.3 is 12.1 Å². The first-order chi connectivity index (χ1) is 10.8. The highest BCUT2D eigenvalue weighted by Crippen LogP contribution is 2.36. The fraction of sp³-hybridized carbons (Fsp3) is 0.471. The standard InChI is InChI=1S/C17H19F3O3/c1-3-12-8-14(9-15(12)16(21)22-2)23-10-11-4-6-13(7-5-11)17(18,19)20/h3-7,12,14-15H,1,8-10H2,2H3/t12-,14-,15-/m0/s1. The predicted octanol–water partition coefficient (Wildman–Crippen LogP) is 3.98.